The highest BCUT2D eigenvalue weighted by Crippen LogP contribution is 2.53. The van der Waals surface area contributed by atoms with Crippen LogP contribution in [0.3, 0.4) is 0 Å². The highest BCUT2D eigenvalue weighted by atomic mass is 28.3. The number of allylic oxidation sites excluding steroid dienone is 4. The van der Waals surface area contributed by atoms with Crippen LogP contribution in [0.15, 0.2) is 23.3 Å². The molecule has 0 aromatic heterocycles. The molecule has 17 heavy (non-hydrogen) atoms. The molecule has 1 rings (SSSR count). The molecule has 0 atom stereocenters. The molecule has 0 fully saturated rings. The van der Waals surface area contributed by atoms with Crippen LogP contribution in [-0.4, -0.2) is 8.07 Å². The number of rotatable bonds is 1. The lowest BCUT2D eigenvalue weighted by Crippen LogP contribution is -2.35. The average molecular weight is 251 g/mol. The van der Waals surface area contributed by atoms with Crippen molar-refractivity contribution in [2.24, 2.45) is 10.8 Å². The summed E-state index contributed by atoms with van der Waals surface area (Å²) in [4.78, 5) is 0. The minimum absolute atomic E-state index is 0.300. The lowest BCUT2D eigenvalue weighted by atomic mass is 9.79. The van der Waals surface area contributed by atoms with Crippen molar-refractivity contribution in [1.29, 1.82) is 0 Å². The first-order chi connectivity index (χ1) is 7.35. The number of hydrogen-bond donors (Lipinski definition) is 0. The van der Waals surface area contributed by atoms with E-state index in [1.54, 1.807) is 11.1 Å². The zero-order valence-corrected chi connectivity index (χ0v) is 14.2. The Kier molecular flexibility index (Phi) is 3.57. The second kappa shape index (κ2) is 4.12. The van der Waals surface area contributed by atoms with Crippen LogP contribution in [-0.2, 0) is 0 Å². The van der Waals surface area contributed by atoms with Gasteiger partial charge in [-0.1, -0.05) is 84.5 Å². The molecule has 0 unspecified atom stereocenters. The lowest BCUT2D eigenvalue weighted by molar-refractivity contribution is 0.454. The van der Waals surface area contributed by atoms with Crippen LogP contribution in [0.5, 0.6) is 0 Å². The van der Waals surface area contributed by atoms with Crippen molar-refractivity contribution in [1.82, 2.24) is 0 Å². The molecule has 0 aliphatic heterocycles. The SMILES string of the molecule is CC(C)(C)C1=CC=C(C(C)(C)C)C1[Si](C)(C)C. The third-order valence-corrected chi connectivity index (χ3v) is 6.02. The Morgan fingerprint density at radius 1 is 0.765 bits per heavy atom. The summed E-state index contributed by atoms with van der Waals surface area (Å²) in [5, 5.41) is 0. The third kappa shape index (κ3) is 3.13. The van der Waals surface area contributed by atoms with E-state index < -0.39 is 8.07 Å². The van der Waals surface area contributed by atoms with Gasteiger partial charge in [0.2, 0.25) is 0 Å². The maximum atomic E-state index is 2.50. The summed E-state index contributed by atoms with van der Waals surface area (Å²) >= 11 is 0. The minimum atomic E-state index is -1.21. The fourth-order valence-electron chi connectivity index (χ4n) is 2.84. The van der Waals surface area contributed by atoms with Crippen LogP contribution >= 0.6 is 0 Å². The molecular formula is C16H30Si. The van der Waals surface area contributed by atoms with Gasteiger partial charge >= 0.3 is 0 Å². The second-order valence-corrected chi connectivity index (χ2v) is 13.9. The van der Waals surface area contributed by atoms with Crippen LogP contribution < -0.4 is 0 Å². The van der Waals surface area contributed by atoms with Gasteiger partial charge in [0.15, 0.2) is 0 Å². The highest BCUT2D eigenvalue weighted by Gasteiger charge is 2.42. The van der Waals surface area contributed by atoms with Gasteiger partial charge in [-0.2, -0.15) is 0 Å². The standard InChI is InChI=1S/C16H30Si/c1-15(2,3)12-10-11-13(16(4,5)6)14(12)17(7,8)9/h10-11,14H,1-9H3. The summed E-state index contributed by atoms with van der Waals surface area (Å²) in [6.07, 6.45) is 4.81. The molecule has 1 aliphatic rings. The summed E-state index contributed by atoms with van der Waals surface area (Å²) in [5.41, 5.74) is 4.63. The van der Waals surface area contributed by atoms with Crippen LogP contribution in [0.2, 0.25) is 25.2 Å². The molecule has 0 heterocycles. The minimum Gasteiger partial charge on any atom is -0.0688 e. The van der Waals surface area contributed by atoms with E-state index in [9.17, 15) is 0 Å². The maximum absolute atomic E-state index is 2.50. The van der Waals surface area contributed by atoms with Crippen molar-refractivity contribution in [2.45, 2.75) is 66.7 Å². The predicted octanol–water partition coefficient (Wildman–Crippen LogP) is 5.65. The van der Waals surface area contributed by atoms with Crippen molar-refractivity contribution in [3.63, 3.8) is 0 Å². The van der Waals surface area contributed by atoms with Gasteiger partial charge in [0.1, 0.15) is 0 Å². The van der Waals surface area contributed by atoms with Gasteiger partial charge in [-0.05, 0) is 16.4 Å². The van der Waals surface area contributed by atoms with E-state index in [0.29, 0.717) is 10.8 Å². The molecule has 0 radical (unpaired) electrons. The van der Waals surface area contributed by atoms with Gasteiger partial charge < -0.3 is 0 Å². The molecule has 1 aliphatic carbocycles. The average Bonchev–Trinajstić information content (AvgIpc) is 2.42. The third-order valence-electron chi connectivity index (χ3n) is 3.66. The Hall–Kier alpha value is -0.303. The zero-order chi connectivity index (χ0) is 13.6. The Labute approximate surface area is 109 Å². The van der Waals surface area contributed by atoms with Crippen LogP contribution in [0.25, 0.3) is 0 Å². The maximum Gasteiger partial charge on any atom is 0.0565 e. The van der Waals surface area contributed by atoms with Crippen molar-refractivity contribution in [3.8, 4) is 0 Å². The Bertz CT molecular complexity index is 320. The molecule has 0 N–H and O–H groups in total. The van der Waals surface area contributed by atoms with Crippen molar-refractivity contribution >= 4 is 8.07 Å². The first-order valence-corrected chi connectivity index (χ1v) is 10.4. The van der Waals surface area contributed by atoms with E-state index in [-0.39, 0.29) is 0 Å². The molecular weight excluding hydrogens is 220 g/mol. The molecule has 0 saturated heterocycles. The van der Waals surface area contributed by atoms with Gasteiger partial charge in [-0.25, -0.2) is 0 Å². The fourth-order valence-corrected chi connectivity index (χ4v) is 5.76. The quantitative estimate of drug-likeness (QED) is 0.527. The van der Waals surface area contributed by atoms with E-state index in [1.807, 2.05) is 0 Å². The molecule has 0 aromatic carbocycles. The summed E-state index contributed by atoms with van der Waals surface area (Å²) in [6.45, 7) is 21.6. The molecule has 0 bridgehead atoms. The first kappa shape index (κ1) is 14.8. The van der Waals surface area contributed by atoms with Gasteiger partial charge in [-0.3, -0.25) is 0 Å². The van der Waals surface area contributed by atoms with Crippen molar-refractivity contribution < 1.29 is 0 Å². The molecule has 0 amide bonds. The summed E-state index contributed by atoms with van der Waals surface area (Å²) < 4.78 is 0. The summed E-state index contributed by atoms with van der Waals surface area (Å²) in [6, 6.07) is 0. The molecule has 98 valence electrons. The van der Waals surface area contributed by atoms with E-state index >= 15 is 0 Å². The smallest absolute Gasteiger partial charge is 0.0565 e. The van der Waals surface area contributed by atoms with E-state index in [0.717, 1.165) is 5.54 Å². The molecule has 0 aromatic rings. The molecule has 1 heteroatoms. The topological polar surface area (TPSA) is 0 Å². The van der Waals surface area contributed by atoms with Gasteiger partial charge in [-0.15, -0.1) is 0 Å². The number of hydrogen-bond acceptors (Lipinski definition) is 0. The van der Waals surface area contributed by atoms with Crippen LogP contribution in [0.4, 0.5) is 0 Å². The molecule has 0 nitrogen and oxygen atoms in total. The highest BCUT2D eigenvalue weighted by molar-refractivity contribution is 6.79. The molecule has 0 spiro atoms. The largest absolute Gasteiger partial charge is 0.0688 e. The Balaban J connectivity index is 3.21. The van der Waals surface area contributed by atoms with E-state index in [4.69, 9.17) is 0 Å². The fraction of sp³-hybridized carbons (Fsp3) is 0.750. The van der Waals surface area contributed by atoms with Gasteiger partial charge in [0.05, 0.1) is 8.07 Å². The normalized spacial score (nSPS) is 19.4. The Morgan fingerprint density at radius 3 is 1.24 bits per heavy atom. The van der Waals surface area contributed by atoms with Gasteiger partial charge in [0.25, 0.3) is 0 Å². The summed E-state index contributed by atoms with van der Waals surface area (Å²) in [5.74, 6) is 0. The summed E-state index contributed by atoms with van der Waals surface area (Å²) in [7, 11) is -1.21. The first-order valence-electron chi connectivity index (χ1n) is 6.78. The predicted molar refractivity (Wildman–Crippen MR) is 82.2 cm³/mol. The van der Waals surface area contributed by atoms with E-state index in [2.05, 4.69) is 73.3 Å². The Morgan fingerprint density at radius 2 is 1.06 bits per heavy atom. The van der Waals surface area contributed by atoms with Crippen LogP contribution in [0, 0.1) is 10.8 Å². The van der Waals surface area contributed by atoms with E-state index in [1.165, 1.54) is 0 Å². The van der Waals surface area contributed by atoms with Crippen molar-refractivity contribution in [3.05, 3.63) is 23.3 Å². The van der Waals surface area contributed by atoms with Gasteiger partial charge in [0, 0.05) is 0 Å². The van der Waals surface area contributed by atoms with Crippen molar-refractivity contribution in [2.75, 3.05) is 0 Å². The zero-order valence-electron chi connectivity index (χ0n) is 13.2. The lowest BCUT2D eigenvalue weighted by Gasteiger charge is -2.40. The second-order valence-electron chi connectivity index (χ2n) is 8.54. The molecule has 0 saturated carbocycles. The van der Waals surface area contributed by atoms with Crippen LogP contribution in [0.1, 0.15) is 41.5 Å². The monoisotopic (exact) mass is 250 g/mol.